The molecule has 0 aromatic carbocycles. The minimum absolute atomic E-state index is 0.174. The van der Waals surface area contributed by atoms with Crippen molar-refractivity contribution in [2.45, 2.75) is 65.5 Å². The Kier molecular flexibility index (Phi) is 10.8. The molecular weight excluding hydrogens is 250 g/mol. The lowest BCUT2D eigenvalue weighted by Gasteiger charge is -2.31. The van der Waals surface area contributed by atoms with E-state index in [9.17, 15) is 4.79 Å². The number of likely N-dealkylation sites (N-methyl/N-ethyl adjacent to an activating group) is 1. The number of hydrogen-bond acceptors (Lipinski definition) is 3. The van der Waals surface area contributed by atoms with Crippen LogP contribution in [0, 0.1) is 5.92 Å². The standard InChI is InChI=1S/C16H35N3O/c1-7-14(8-2)15(19(5)6)12-18-16(20)10-9-11-17-13(3)4/h13-15,17H,7-12H2,1-6H3,(H,18,20). The Morgan fingerprint density at radius 3 is 2.20 bits per heavy atom. The van der Waals surface area contributed by atoms with E-state index in [2.05, 4.69) is 57.3 Å². The molecule has 0 spiro atoms. The number of rotatable bonds is 11. The Labute approximate surface area is 125 Å². The van der Waals surface area contributed by atoms with Gasteiger partial charge in [-0.05, 0) is 33.0 Å². The van der Waals surface area contributed by atoms with Crippen LogP contribution < -0.4 is 10.6 Å². The fourth-order valence-electron chi connectivity index (χ4n) is 2.55. The molecule has 1 atom stereocenters. The lowest BCUT2D eigenvalue weighted by Crippen LogP contribution is -2.44. The van der Waals surface area contributed by atoms with Gasteiger partial charge >= 0.3 is 0 Å². The van der Waals surface area contributed by atoms with E-state index in [1.54, 1.807) is 0 Å². The Bertz CT molecular complexity index is 250. The molecule has 20 heavy (non-hydrogen) atoms. The predicted octanol–water partition coefficient (Wildman–Crippen LogP) is 2.25. The van der Waals surface area contributed by atoms with Crippen LogP contribution >= 0.6 is 0 Å². The summed E-state index contributed by atoms with van der Waals surface area (Å²) < 4.78 is 0. The highest BCUT2D eigenvalue weighted by Gasteiger charge is 2.20. The number of nitrogens with zero attached hydrogens (tertiary/aromatic N) is 1. The Morgan fingerprint density at radius 2 is 1.75 bits per heavy atom. The molecule has 4 nitrogen and oxygen atoms in total. The number of nitrogens with one attached hydrogen (secondary N) is 2. The van der Waals surface area contributed by atoms with Crippen molar-refractivity contribution >= 4 is 5.91 Å². The van der Waals surface area contributed by atoms with Crippen LogP contribution in [0.5, 0.6) is 0 Å². The van der Waals surface area contributed by atoms with Crippen molar-refractivity contribution in [1.29, 1.82) is 0 Å². The van der Waals surface area contributed by atoms with E-state index < -0.39 is 0 Å². The second-order valence-electron chi connectivity index (χ2n) is 6.12. The molecule has 1 unspecified atom stereocenters. The first-order chi connectivity index (χ1) is 9.42. The summed E-state index contributed by atoms with van der Waals surface area (Å²) in [5.41, 5.74) is 0. The van der Waals surface area contributed by atoms with Gasteiger partial charge in [-0.2, -0.15) is 0 Å². The van der Waals surface area contributed by atoms with Gasteiger partial charge in [-0.3, -0.25) is 4.79 Å². The van der Waals surface area contributed by atoms with Crippen LogP contribution in [0.2, 0.25) is 0 Å². The summed E-state index contributed by atoms with van der Waals surface area (Å²) in [4.78, 5) is 14.1. The largest absolute Gasteiger partial charge is 0.355 e. The molecule has 0 saturated heterocycles. The molecule has 0 aliphatic rings. The van der Waals surface area contributed by atoms with E-state index in [1.807, 2.05) is 0 Å². The van der Waals surface area contributed by atoms with Gasteiger partial charge in [0.15, 0.2) is 0 Å². The molecule has 0 radical (unpaired) electrons. The second-order valence-corrected chi connectivity index (χ2v) is 6.12. The fraction of sp³-hybridized carbons (Fsp3) is 0.938. The van der Waals surface area contributed by atoms with Crippen molar-refractivity contribution in [2.24, 2.45) is 5.92 Å². The molecule has 0 bridgehead atoms. The van der Waals surface area contributed by atoms with Crippen LogP contribution in [-0.2, 0) is 4.79 Å². The van der Waals surface area contributed by atoms with Crippen molar-refractivity contribution in [3.8, 4) is 0 Å². The summed E-state index contributed by atoms with van der Waals surface area (Å²) in [6.07, 6.45) is 3.84. The van der Waals surface area contributed by atoms with Crippen LogP contribution in [0.1, 0.15) is 53.4 Å². The first-order valence-electron chi connectivity index (χ1n) is 8.08. The molecule has 0 aromatic heterocycles. The summed E-state index contributed by atoms with van der Waals surface area (Å²) in [5, 5.41) is 6.43. The second kappa shape index (κ2) is 11.1. The molecule has 0 fully saturated rings. The van der Waals surface area contributed by atoms with Gasteiger partial charge in [0.2, 0.25) is 5.91 Å². The molecule has 4 heteroatoms. The third kappa shape index (κ3) is 8.54. The van der Waals surface area contributed by atoms with Gasteiger partial charge in [-0.25, -0.2) is 0 Å². The van der Waals surface area contributed by atoms with E-state index in [4.69, 9.17) is 0 Å². The first-order valence-corrected chi connectivity index (χ1v) is 8.08. The third-order valence-electron chi connectivity index (χ3n) is 3.90. The normalized spacial score (nSPS) is 13.2. The predicted molar refractivity (Wildman–Crippen MR) is 86.9 cm³/mol. The van der Waals surface area contributed by atoms with Gasteiger partial charge in [0.1, 0.15) is 0 Å². The van der Waals surface area contributed by atoms with Crippen molar-refractivity contribution < 1.29 is 4.79 Å². The Balaban J connectivity index is 3.99. The Hall–Kier alpha value is -0.610. The lowest BCUT2D eigenvalue weighted by molar-refractivity contribution is -0.121. The molecule has 0 heterocycles. The number of hydrogen-bond donors (Lipinski definition) is 2. The van der Waals surface area contributed by atoms with Gasteiger partial charge in [0.05, 0.1) is 0 Å². The van der Waals surface area contributed by atoms with Crippen molar-refractivity contribution in [3.63, 3.8) is 0 Å². The zero-order valence-electron chi connectivity index (χ0n) is 14.3. The zero-order chi connectivity index (χ0) is 15.5. The molecule has 2 N–H and O–H groups in total. The van der Waals surface area contributed by atoms with Crippen LogP contribution in [0.25, 0.3) is 0 Å². The number of amides is 1. The van der Waals surface area contributed by atoms with Crippen molar-refractivity contribution in [3.05, 3.63) is 0 Å². The minimum atomic E-state index is 0.174. The number of carbonyl (C=O) groups is 1. The van der Waals surface area contributed by atoms with E-state index in [-0.39, 0.29) is 5.91 Å². The van der Waals surface area contributed by atoms with Crippen LogP contribution in [0.3, 0.4) is 0 Å². The SMILES string of the molecule is CCC(CC)C(CNC(=O)CCCNC(C)C)N(C)C. The highest BCUT2D eigenvalue weighted by Crippen LogP contribution is 2.16. The van der Waals surface area contributed by atoms with Crippen molar-refractivity contribution in [1.82, 2.24) is 15.5 Å². The Morgan fingerprint density at radius 1 is 1.15 bits per heavy atom. The molecule has 0 aromatic rings. The maximum absolute atomic E-state index is 11.9. The van der Waals surface area contributed by atoms with Gasteiger partial charge in [-0.1, -0.05) is 40.5 Å². The van der Waals surface area contributed by atoms with E-state index in [0.717, 1.165) is 32.4 Å². The number of carbonyl (C=O) groups excluding carboxylic acids is 1. The summed E-state index contributed by atoms with van der Waals surface area (Å²) >= 11 is 0. The van der Waals surface area contributed by atoms with Crippen LogP contribution in [0.15, 0.2) is 0 Å². The average Bonchev–Trinajstić information content (AvgIpc) is 2.38. The van der Waals surface area contributed by atoms with E-state index >= 15 is 0 Å². The fourth-order valence-corrected chi connectivity index (χ4v) is 2.55. The van der Waals surface area contributed by atoms with Crippen LogP contribution in [0.4, 0.5) is 0 Å². The van der Waals surface area contributed by atoms with Gasteiger partial charge in [0, 0.05) is 25.0 Å². The monoisotopic (exact) mass is 285 g/mol. The molecule has 120 valence electrons. The first kappa shape index (κ1) is 19.4. The quantitative estimate of drug-likeness (QED) is 0.572. The summed E-state index contributed by atoms with van der Waals surface area (Å²) in [5.74, 6) is 0.821. The molecule has 0 aliphatic carbocycles. The zero-order valence-corrected chi connectivity index (χ0v) is 14.3. The molecular formula is C16H35N3O. The van der Waals surface area contributed by atoms with E-state index in [1.165, 1.54) is 0 Å². The van der Waals surface area contributed by atoms with Gasteiger partial charge in [-0.15, -0.1) is 0 Å². The minimum Gasteiger partial charge on any atom is -0.355 e. The summed E-state index contributed by atoms with van der Waals surface area (Å²) in [6.45, 7) is 10.4. The van der Waals surface area contributed by atoms with Gasteiger partial charge < -0.3 is 15.5 Å². The van der Waals surface area contributed by atoms with Crippen molar-refractivity contribution in [2.75, 3.05) is 27.2 Å². The average molecular weight is 285 g/mol. The maximum atomic E-state index is 11.9. The lowest BCUT2D eigenvalue weighted by atomic mass is 9.93. The third-order valence-corrected chi connectivity index (χ3v) is 3.90. The van der Waals surface area contributed by atoms with E-state index in [0.29, 0.717) is 24.4 Å². The van der Waals surface area contributed by atoms with Crippen LogP contribution in [-0.4, -0.2) is 50.1 Å². The maximum Gasteiger partial charge on any atom is 0.220 e. The highest BCUT2D eigenvalue weighted by molar-refractivity contribution is 5.75. The molecule has 0 saturated carbocycles. The van der Waals surface area contributed by atoms with Gasteiger partial charge in [0.25, 0.3) is 0 Å². The highest BCUT2D eigenvalue weighted by atomic mass is 16.1. The smallest absolute Gasteiger partial charge is 0.220 e. The summed E-state index contributed by atoms with van der Waals surface area (Å²) in [7, 11) is 4.20. The summed E-state index contributed by atoms with van der Waals surface area (Å²) in [6, 6.07) is 0.925. The molecule has 0 rings (SSSR count). The molecule has 0 aliphatic heterocycles. The topological polar surface area (TPSA) is 44.4 Å². The molecule has 1 amide bonds.